The SMILES string of the molecule is Cc1nn(-c2ccc3nncn3n2)c2c1[C@H](c1cccc(C(F)(F)F)c1)CC(=O)N2. The summed E-state index contributed by atoms with van der Waals surface area (Å²) in [7, 11) is 0. The zero-order chi connectivity index (χ0) is 21.0. The monoisotopic (exact) mass is 413 g/mol. The van der Waals surface area contributed by atoms with Crippen molar-refractivity contribution in [3.63, 3.8) is 0 Å². The van der Waals surface area contributed by atoms with Crippen LogP contribution in [0.4, 0.5) is 19.0 Å². The van der Waals surface area contributed by atoms with Gasteiger partial charge in [0, 0.05) is 17.9 Å². The average molecular weight is 413 g/mol. The van der Waals surface area contributed by atoms with Gasteiger partial charge in [0.15, 0.2) is 11.5 Å². The van der Waals surface area contributed by atoms with Gasteiger partial charge in [-0.1, -0.05) is 18.2 Å². The fraction of sp³-hybridized carbons (Fsp3) is 0.211. The van der Waals surface area contributed by atoms with Crippen molar-refractivity contribution in [2.75, 3.05) is 5.32 Å². The second kappa shape index (κ2) is 6.37. The molecule has 3 aromatic heterocycles. The van der Waals surface area contributed by atoms with Gasteiger partial charge in [-0.05, 0) is 30.7 Å². The number of hydrogen-bond donors (Lipinski definition) is 1. The van der Waals surface area contributed by atoms with Crippen molar-refractivity contribution >= 4 is 17.4 Å². The van der Waals surface area contributed by atoms with Gasteiger partial charge in [0.25, 0.3) is 0 Å². The molecule has 11 heteroatoms. The van der Waals surface area contributed by atoms with E-state index in [9.17, 15) is 18.0 Å². The minimum atomic E-state index is -4.47. The number of carbonyl (C=O) groups is 1. The number of halogens is 3. The standard InChI is InChI=1S/C19H14F3N7O/c1-10-17-13(11-3-2-4-12(7-11)19(20,21)22)8-16(30)24-18(17)29(26-10)15-6-5-14-25-23-9-28(14)27-15/h2-7,9,13H,8H2,1H3,(H,24,30)/t13-/m0/s1. The van der Waals surface area contributed by atoms with E-state index < -0.39 is 17.7 Å². The fourth-order valence-corrected chi connectivity index (χ4v) is 3.76. The number of carbonyl (C=O) groups excluding carboxylic acids is 1. The summed E-state index contributed by atoms with van der Waals surface area (Å²) in [6, 6.07) is 8.43. The second-order valence-electron chi connectivity index (χ2n) is 7.01. The van der Waals surface area contributed by atoms with Gasteiger partial charge < -0.3 is 5.32 Å². The van der Waals surface area contributed by atoms with Crippen molar-refractivity contribution in [1.82, 2.24) is 29.6 Å². The average Bonchev–Trinajstić information content (AvgIpc) is 3.30. The molecule has 152 valence electrons. The molecular formula is C19H14F3N7O. The van der Waals surface area contributed by atoms with Crippen LogP contribution >= 0.6 is 0 Å². The lowest BCUT2D eigenvalue weighted by atomic mass is 9.85. The van der Waals surface area contributed by atoms with Crippen LogP contribution in [0, 0.1) is 6.92 Å². The Labute approximate surface area is 167 Å². The van der Waals surface area contributed by atoms with Crippen molar-refractivity contribution in [3.8, 4) is 5.82 Å². The summed E-state index contributed by atoms with van der Waals surface area (Å²) in [6.45, 7) is 1.75. The number of nitrogens with zero attached hydrogens (tertiary/aromatic N) is 6. The number of fused-ring (bicyclic) bond motifs is 2. The molecule has 1 amide bonds. The van der Waals surface area contributed by atoms with Gasteiger partial charge in [-0.3, -0.25) is 4.79 Å². The molecule has 8 nitrogen and oxygen atoms in total. The summed E-state index contributed by atoms with van der Waals surface area (Å²) in [5.74, 6) is -0.0531. The van der Waals surface area contributed by atoms with E-state index in [1.165, 1.54) is 21.6 Å². The van der Waals surface area contributed by atoms with E-state index in [1.807, 2.05) is 0 Å². The van der Waals surface area contributed by atoms with Crippen LogP contribution in [-0.2, 0) is 11.0 Å². The first-order chi connectivity index (χ1) is 14.3. The van der Waals surface area contributed by atoms with Crippen molar-refractivity contribution < 1.29 is 18.0 Å². The molecule has 0 aliphatic carbocycles. The highest BCUT2D eigenvalue weighted by atomic mass is 19.4. The molecule has 0 spiro atoms. The number of nitrogens with one attached hydrogen (secondary N) is 1. The summed E-state index contributed by atoms with van der Waals surface area (Å²) < 4.78 is 42.5. The van der Waals surface area contributed by atoms with Crippen molar-refractivity contribution in [1.29, 1.82) is 0 Å². The largest absolute Gasteiger partial charge is 0.416 e. The highest BCUT2D eigenvalue weighted by molar-refractivity contribution is 5.95. The van der Waals surface area contributed by atoms with Crippen molar-refractivity contribution in [2.45, 2.75) is 25.4 Å². The molecule has 0 saturated heterocycles. The maximum atomic E-state index is 13.2. The molecule has 1 aromatic carbocycles. The number of rotatable bonds is 2. The number of amides is 1. The van der Waals surface area contributed by atoms with Crippen molar-refractivity contribution in [2.24, 2.45) is 0 Å². The molecular weight excluding hydrogens is 399 g/mol. The normalized spacial score (nSPS) is 16.5. The lowest BCUT2D eigenvalue weighted by molar-refractivity contribution is -0.137. The first kappa shape index (κ1) is 18.3. The van der Waals surface area contributed by atoms with E-state index in [0.717, 1.165) is 12.1 Å². The van der Waals surface area contributed by atoms with E-state index in [4.69, 9.17) is 0 Å². The lowest BCUT2D eigenvalue weighted by Gasteiger charge is -2.24. The molecule has 4 aromatic rings. The van der Waals surface area contributed by atoms with E-state index >= 15 is 0 Å². The van der Waals surface area contributed by atoms with E-state index in [-0.39, 0.29) is 12.3 Å². The Morgan fingerprint density at radius 2 is 2.00 bits per heavy atom. The number of hydrogen-bond acceptors (Lipinski definition) is 5. The zero-order valence-electron chi connectivity index (χ0n) is 15.6. The Hall–Kier alpha value is -3.76. The molecule has 0 saturated carbocycles. The van der Waals surface area contributed by atoms with E-state index in [1.54, 1.807) is 25.1 Å². The van der Waals surface area contributed by atoms with Crippen LogP contribution in [0.5, 0.6) is 0 Å². The predicted molar refractivity (Wildman–Crippen MR) is 99.2 cm³/mol. The molecule has 1 aliphatic rings. The molecule has 0 fully saturated rings. The van der Waals surface area contributed by atoms with Crippen LogP contribution in [0.3, 0.4) is 0 Å². The Bertz CT molecular complexity index is 1290. The first-order valence-corrected chi connectivity index (χ1v) is 9.05. The van der Waals surface area contributed by atoms with Crippen LogP contribution in [0.15, 0.2) is 42.7 Å². The van der Waals surface area contributed by atoms with E-state index in [2.05, 4.69) is 25.7 Å². The molecule has 1 N–H and O–H groups in total. The maximum Gasteiger partial charge on any atom is 0.416 e. The highest BCUT2D eigenvalue weighted by Crippen LogP contribution is 2.41. The van der Waals surface area contributed by atoms with Gasteiger partial charge in [0.05, 0.1) is 11.3 Å². The summed E-state index contributed by atoms with van der Waals surface area (Å²) in [5.41, 5.74) is 1.46. The summed E-state index contributed by atoms with van der Waals surface area (Å²) in [6.07, 6.45) is -3.00. The van der Waals surface area contributed by atoms with Crippen LogP contribution in [0.1, 0.15) is 34.7 Å². The summed E-state index contributed by atoms with van der Waals surface area (Å²) >= 11 is 0. The first-order valence-electron chi connectivity index (χ1n) is 9.05. The van der Waals surface area contributed by atoms with Crippen LogP contribution in [-0.4, -0.2) is 35.5 Å². The number of alkyl halides is 3. The molecule has 0 bridgehead atoms. The molecule has 1 atom stereocenters. The Kier molecular flexibility index (Phi) is 3.88. The number of aromatic nitrogens is 6. The van der Waals surface area contributed by atoms with Gasteiger partial charge in [-0.15, -0.1) is 15.3 Å². The predicted octanol–water partition coefficient (Wildman–Crippen LogP) is 3.11. The molecule has 0 unspecified atom stereocenters. The fourth-order valence-electron chi connectivity index (χ4n) is 3.76. The Morgan fingerprint density at radius 3 is 2.80 bits per heavy atom. The lowest BCUT2D eigenvalue weighted by Crippen LogP contribution is -2.25. The summed E-state index contributed by atoms with van der Waals surface area (Å²) in [5, 5.41) is 19.4. The van der Waals surface area contributed by atoms with E-state index in [0.29, 0.717) is 34.1 Å². The van der Waals surface area contributed by atoms with Gasteiger partial charge >= 0.3 is 6.18 Å². The third-order valence-electron chi connectivity index (χ3n) is 5.08. The number of aryl methyl sites for hydroxylation is 1. The molecule has 30 heavy (non-hydrogen) atoms. The number of anilines is 1. The zero-order valence-corrected chi connectivity index (χ0v) is 15.6. The highest BCUT2D eigenvalue weighted by Gasteiger charge is 2.35. The topological polar surface area (TPSA) is 90.0 Å². The maximum absolute atomic E-state index is 13.2. The smallest absolute Gasteiger partial charge is 0.310 e. The van der Waals surface area contributed by atoms with Crippen LogP contribution < -0.4 is 5.32 Å². The van der Waals surface area contributed by atoms with Gasteiger partial charge in [-0.2, -0.15) is 27.5 Å². The Balaban J connectivity index is 1.65. The van der Waals surface area contributed by atoms with Crippen LogP contribution in [0.2, 0.25) is 0 Å². The second-order valence-corrected chi connectivity index (χ2v) is 7.01. The molecule has 0 radical (unpaired) electrons. The molecule has 4 heterocycles. The minimum Gasteiger partial charge on any atom is -0.310 e. The quantitative estimate of drug-likeness (QED) is 0.545. The summed E-state index contributed by atoms with van der Waals surface area (Å²) in [4.78, 5) is 12.4. The minimum absolute atomic E-state index is 0.0265. The van der Waals surface area contributed by atoms with Crippen molar-refractivity contribution in [3.05, 3.63) is 65.1 Å². The molecule has 1 aliphatic heterocycles. The van der Waals surface area contributed by atoms with Gasteiger partial charge in [-0.25, -0.2) is 0 Å². The van der Waals surface area contributed by atoms with Gasteiger partial charge in [0.2, 0.25) is 5.91 Å². The third-order valence-corrected chi connectivity index (χ3v) is 5.08. The molecule has 5 rings (SSSR count). The third kappa shape index (κ3) is 2.90. The van der Waals surface area contributed by atoms with Crippen LogP contribution in [0.25, 0.3) is 11.5 Å². The van der Waals surface area contributed by atoms with Gasteiger partial charge in [0.1, 0.15) is 12.1 Å². The number of benzene rings is 1. The Morgan fingerprint density at radius 1 is 1.17 bits per heavy atom.